The number of thiophene rings is 1. The molecule has 0 spiro atoms. The summed E-state index contributed by atoms with van der Waals surface area (Å²) in [4.78, 5) is 22.3. The van der Waals surface area contributed by atoms with Gasteiger partial charge in [-0.2, -0.15) is 11.3 Å². The molecule has 3 N–H and O–H groups in total. The van der Waals surface area contributed by atoms with E-state index in [9.17, 15) is 14.7 Å². The van der Waals surface area contributed by atoms with Crippen LogP contribution in [-0.2, 0) is 15.2 Å². The summed E-state index contributed by atoms with van der Waals surface area (Å²) in [6.07, 6.45) is 0.391. The Morgan fingerprint density at radius 3 is 2.78 bits per heavy atom. The number of rotatable bonds is 5. The van der Waals surface area contributed by atoms with Gasteiger partial charge in [0.15, 0.2) is 0 Å². The van der Waals surface area contributed by atoms with Gasteiger partial charge >= 0.3 is 5.97 Å². The van der Waals surface area contributed by atoms with Crippen molar-refractivity contribution in [1.29, 1.82) is 0 Å². The molecule has 0 bridgehead atoms. The maximum Gasteiger partial charge on any atom is 0.307 e. The molecule has 1 heterocycles. The Labute approximate surface area is 108 Å². The first-order valence-corrected chi connectivity index (χ1v) is 6.61. The lowest BCUT2D eigenvalue weighted by atomic mass is 9.99. The van der Waals surface area contributed by atoms with Crippen LogP contribution < -0.4 is 5.32 Å². The van der Waals surface area contributed by atoms with E-state index < -0.39 is 23.4 Å². The van der Waals surface area contributed by atoms with E-state index in [2.05, 4.69) is 5.32 Å². The minimum Gasteiger partial charge on any atom is -0.481 e. The van der Waals surface area contributed by atoms with E-state index in [0.717, 1.165) is 5.56 Å². The summed E-state index contributed by atoms with van der Waals surface area (Å²) in [5.41, 5.74) is -0.373. The predicted molar refractivity (Wildman–Crippen MR) is 66.1 cm³/mol. The second-order valence-corrected chi connectivity index (χ2v) is 5.57. The van der Waals surface area contributed by atoms with Gasteiger partial charge in [0, 0.05) is 0 Å². The third kappa shape index (κ3) is 2.70. The van der Waals surface area contributed by atoms with Gasteiger partial charge in [0.25, 0.3) is 0 Å². The average molecular weight is 269 g/mol. The van der Waals surface area contributed by atoms with Crippen LogP contribution in [0.3, 0.4) is 0 Å². The number of nitrogens with one attached hydrogen (secondary N) is 1. The molecule has 1 saturated carbocycles. The minimum atomic E-state index is -1.12. The molecular weight excluding hydrogens is 254 g/mol. The van der Waals surface area contributed by atoms with E-state index in [0.29, 0.717) is 6.42 Å². The Balaban J connectivity index is 1.85. The highest BCUT2D eigenvalue weighted by atomic mass is 32.1. The summed E-state index contributed by atoms with van der Waals surface area (Å²) in [5.74, 6) is -2.23. The van der Waals surface area contributed by atoms with Crippen molar-refractivity contribution < 1.29 is 19.8 Å². The first kappa shape index (κ1) is 13.0. The summed E-state index contributed by atoms with van der Waals surface area (Å²) in [6.45, 7) is 1.71. The van der Waals surface area contributed by atoms with Crippen LogP contribution in [0.5, 0.6) is 0 Å². The maximum atomic E-state index is 11.7. The van der Waals surface area contributed by atoms with Crippen molar-refractivity contribution in [2.75, 3.05) is 6.54 Å². The predicted octanol–water partition coefficient (Wildman–Crippen LogP) is 0.792. The van der Waals surface area contributed by atoms with Crippen molar-refractivity contribution in [2.24, 2.45) is 11.8 Å². The monoisotopic (exact) mass is 269 g/mol. The molecule has 1 aliphatic carbocycles. The van der Waals surface area contributed by atoms with Crippen molar-refractivity contribution in [2.45, 2.75) is 18.9 Å². The smallest absolute Gasteiger partial charge is 0.307 e. The summed E-state index contributed by atoms with van der Waals surface area (Å²) in [5, 5.41) is 25.2. The Kier molecular flexibility index (Phi) is 3.41. The number of carboxylic acid groups (broad SMARTS) is 1. The Hall–Kier alpha value is -1.40. The minimum absolute atomic E-state index is 0.0887. The topological polar surface area (TPSA) is 86.6 Å². The molecule has 3 atom stereocenters. The van der Waals surface area contributed by atoms with Crippen LogP contribution in [0.25, 0.3) is 0 Å². The highest BCUT2D eigenvalue weighted by Gasteiger charge is 2.48. The Morgan fingerprint density at radius 1 is 1.56 bits per heavy atom. The first-order chi connectivity index (χ1) is 8.42. The summed E-state index contributed by atoms with van der Waals surface area (Å²) < 4.78 is 0. The average Bonchev–Trinajstić information content (AvgIpc) is 2.92. The summed E-state index contributed by atoms with van der Waals surface area (Å²) in [6, 6.07) is 1.80. The molecule has 98 valence electrons. The fraction of sp³-hybridized carbons (Fsp3) is 0.500. The van der Waals surface area contributed by atoms with Crippen LogP contribution in [0, 0.1) is 11.8 Å². The van der Waals surface area contributed by atoms with Gasteiger partial charge in [-0.25, -0.2) is 0 Å². The Bertz CT molecular complexity index is 455. The standard InChI is InChI=1S/C12H15NO4S/c1-12(17,7-2-3-18-5-7)6-13-10(14)8-4-9(8)11(15)16/h2-3,5,8-9,17H,4,6H2,1H3,(H,13,14)(H,15,16). The molecule has 0 saturated heterocycles. The van der Waals surface area contributed by atoms with Crippen molar-refractivity contribution in [3.63, 3.8) is 0 Å². The molecule has 1 aromatic heterocycles. The number of aliphatic carboxylic acids is 1. The van der Waals surface area contributed by atoms with Crippen molar-refractivity contribution >= 4 is 23.2 Å². The lowest BCUT2D eigenvalue weighted by Gasteiger charge is -2.22. The number of carbonyl (C=O) groups is 2. The van der Waals surface area contributed by atoms with Crippen molar-refractivity contribution in [1.82, 2.24) is 5.32 Å². The molecule has 18 heavy (non-hydrogen) atoms. The molecule has 3 unspecified atom stereocenters. The fourth-order valence-electron chi connectivity index (χ4n) is 1.82. The van der Waals surface area contributed by atoms with Gasteiger partial charge in [0.05, 0.1) is 18.4 Å². The summed E-state index contributed by atoms with van der Waals surface area (Å²) in [7, 11) is 0. The quantitative estimate of drug-likeness (QED) is 0.737. The molecule has 0 radical (unpaired) electrons. The van der Waals surface area contributed by atoms with E-state index in [1.54, 1.807) is 13.0 Å². The molecule has 1 amide bonds. The highest BCUT2D eigenvalue weighted by molar-refractivity contribution is 7.08. The largest absolute Gasteiger partial charge is 0.481 e. The number of amides is 1. The number of carboxylic acids is 1. The van der Waals surface area contributed by atoms with Gasteiger partial charge in [-0.1, -0.05) is 0 Å². The summed E-state index contributed by atoms with van der Waals surface area (Å²) >= 11 is 1.47. The van der Waals surface area contributed by atoms with Crippen LogP contribution in [0.1, 0.15) is 18.9 Å². The molecule has 1 aromatic rings. The van der Waals surface area contributed by atoms with Gasteiger partial charge < -0.3 is 15.5 Å². The number of carbonyl (C=O) groups excluding carboxylic acids is 1. The number of hydrogen-bond acceptors (Lipinski definition) is 4. The maximum absolute atomic E-state index is 11.7. The van der Waals surface area contributed by atoms with Crippen LogP contribution in [0.15, 0.2) is 16.8 Å². The molecule has 0 aromatic carbocycles. The zero-order valence-electron chi connectivity index (χ0n) is 9.92. The second-order valence-electron chi connectivity index (χ2n) is 4.79. The molecule has 0 aliphatic heterocycles. The molecule has 1 fully saturated rings. The molecule has 6 heteroatoms. The normalized spacial score (nSPS) is 25.2. The van der Waals surface area contributed by atoms with Gasteiger partial charge in [0.1, 0.15) is 5.60 Å². The zero-order chi connectivity index (χ0) is 13.3. The molecule has 5 nitrogen and oxygen atoms in total. The number of hydrogen-bond donors (Lipinski definition) is 3. The van der Waals surface area contributed by atoms with Crippen LogP contribution >= 0.6 is 11.3 Å². The SMILES string of the molecule is CC(O)(CNC(=O)C1CC1C(=O)O)c1ccsc1. The van der Waals surface area contributed by atoms with Crippen LogP contribution in [-0.4, -0.2) is 28.6 Å². The lowest BCUT2D eigenvalue weighted by molar-refractivity contribution is -0.140. The third-order valence-electron chi connectivity index (χ3n) is 3.19. The highest BCUT2D eigenvalue weighted by Crippen LogP contribution is 2.38. The van der Waals surface area contributed by atoms with Crippen molar-refractivity contribution in [3.05, 3.63) is 22.4 Å². The first-order valence-electron chi connectivity index (χ1n) is 5.67. The van der Waals surface area contributed by atoms with Crippen molar-refractivity contribution in [3.8, 4) is 0 Å². The molecule has 1 aliphatic rings. The van der Waals surface area contributed by atoms with Gasteiger partial charge in [-0.3, -0.25) is 9.59 Å². The van der Waals surface area contributed by atoms with Crippen LogP contribution in [0.2, 0.25) is 0 Å². The fourth-order valence-corrected chi connectivity index (χ4v) is 2.60. The van der Waals surface area contributed by atoms with E-state index >= 15 is 0 Å². The van der Waals surface area contributed by atoms with E-state index in [-0.39, 0.29) is 12.5 Å². The van der Waals surface area contributed by atoms with Gasteiger partial charge in [0.2, 0.25) is 5.91 Å². The zero-order valence-corrected chi connectivity index (χ0v) is 10.7. The van der Waals surface area contributed by atoms with E-state index in [1.165, 1.54) is 11.3 Å². The number of aliphatic hydroxyl groups is 1. The third-order valence-corrected chi connectivity index (χ3v) is 3.88. The second kappa shape index (κ2) is 4.70. The van der Waals surface area contributed by atoms with E-state index in [4.69, 9.17) is 5.11 Å². The van der Waals surface area contributed by atoms with Gasteiger partial charge in [-0.15, -0.1) is 0 Å². The van der Waals surface area contributed by atoms with Crippen LogP contribution in [0.4, 0.5) is 0 Å². The van der Waals surface area contributed by atoms with Gasteiger partial charge in [-0.05, 0) is 35.7 Å². The molecule has 2 rings (SSSR count). The van der Waals surface area contributed by atoms with E-state index in [1.807, 2.05) is 10.8 Å². The molecular formula is C12H15NO4S. The lowest BCUT2D eigenvalue weighted by Crippen LogP contribution is -2.39. The Morgan fingerprint density at radius 2 is 2.28 bits per heavy atom.